The summed E-state index contributed by atoms with van der Waals surface area (Å²) in [5.41, 5.74) is 4.45. The first kappa shape index (κ1) is 23.4. The highest BCUT2D eigenvalue weighted by Crippen LogP contribution is 2.43. The number of nitrogens with one attached hydrogen (secondary N) is 3. The number of pyridine rings is 2. The summed E-state index contributed by atoms with van der Waals surface area (Å²) < 4.78 is 0. The van der Waals surface area contributed by atoms with E-state index in [0.29, 0.717) is 24.0 Å². The molecule has 0 unspecified atom stereocenters. The molecule has 37 heavy (non-hydrogen) atoms. The maximum atomic E-state index is 5.23. The summed E-state index contributed by atoms with van der Waals surface area (Å²) in [5, 5.41) is 12.0. The van der Waals surface area contributed by atoms with Gasteiger partial charge in [0.25, 0.3) is 0 Å². The fourth-order valence-electron chi connectivity index (χ4n) is 6.22. The summed E-state index contributed by atoms with van der Waals surface area (Å²) in [7, 11) is 0. The molecule has 0 radical (unpaired) electrons. The molecule has 3 aromatic heterocycles. The third-order valence-corrected chi connectivity index (χ3v) is 8.54. The van der Waals surface area contributed by atoms with Crippen LogP contribution in [0.5, 0.6) is 0 Å². The van der Waals surface area contributed by atoms with Crippen molar-refractivity contribution in [1.82, 2.24) is 35.9 Å². The smallest absolute Gasteiger partial charge is 0.160 e. The number of aromatic nitrogens is 4. The quantitative estimate of drug-likeness (QED) is 0.435. The molecule has 0 atom stereocenters. The van der Waals surface area contributed by atoms with E-state index in [2.05, 4.69) is 38.0 Å². The van der Waals surface area contributed by atoms with Crippen LogP contribution in [0.1, 0.15) is 68.5 Å². The van der Waals surface area contributed by atoms with Crippen LogP contribution in [0.25, 0.3) is 22.3 Å². The van der Waals surface area contributed by atoms with Crippen molar-refractivity contribution in [3.63, 3.8) is 0 Å². The van der Waals surface area contributed by atoms with Crippen LogP contribution >= 0.6 is 0 Å². The lowest BCUT2D eigenvalue weighted by Gasteiger charge is -2.36. The zero-order valence-electron chi connectivity index (χ0n) is 21.6. The zero-order chi connectivity index (χ0) is 24.6. The summed E-state index contributed by atoms with van der Waals surface area (Å²) in [4.78, 5) is 22.3. The molecule has 8 nitrogen and oxygen atoms in total. The number of nitrogens with zero attached hydrogens (tertiary/aromatic N) is 5. The largest absolute Gasteiger partial charge is 0.351 e. The van der Waals surface area contributed by atoms with Crippen molar-refractivity contribution in [2.24, 2.45) is 0 Å². The molecule has 2 saturated heterocycles. The van der Waals surface area contributed by atoms with E-state index in [4.69, 9.17) is 15.0 Å². The van der Waals surface area contributed by atoms with E-state index in [0.717, 1.165) is 74.0 Å². The normalized spacial score (nSPS) is 21.4. The van der Waals surface area contributed by atoms with Gasteiger partial charge in [-0.25, -0.2) is 15.0 Å². The molecule has 2 aliphatic heterocycles. The van der Waals surface area contributed by atoms with Gasteiger partial charge in [0.1, 0.15) is 5.82 Å². The predicted molar refractivity (Wildman–Crippen MR) is 147 cm³/mol. The second-order valence-corrected chi connectivity index (χ2v) is 11.3. The minimum atomic E-state index is 0.533. The molecule has 3 N–H and O–H groups in total. The second-order valence-electron chi connectivity index (χ2n) is 11.3. The van der Waals surface area contributed by atoms with Gasteiger partial charge in [0.15, 0.2) is 5.82 Å². The van der Waals surface area contributed by atoms with E-state index < -0.39 is 0 Å². The van der Waals surface area contributed by atoms with E-state index >= 15 is 0 Å². The van der Waals surface area contributed by atoms with Gasteiger partial charge in [-0.3, -0.25) is 4.98 Å². The summed E-state index contributed by atoms with van der Waals surface area (Å²) in [6.07, 6.45) is 15.6. The Hall–Kier alpha value is -2.68. The van der Waals surface area contributed by atoms with Gasteiger partial charge < -0.3 is 20.9 Å². The van der Waals surface area contributed by atoms with Crippen LogP contribution in [0.15, 0.2) is 30.7 Å². The summed E-state index contributed by atoms with van der Waals surface area (Å²) >= 11 is 0. The molecule has 0 aromatic carbocycles. The van der Waals surface area contributed by atoms with Crippen LogP contribution in [0.4, 0.5) is 5.82 Å². The maximum Gasteiger partial charge on any atom is 0.160 e. The van der Waals surface area contributed by atoms with Crippen LogP contribution in [0, 0.1) is 0 Å². The van der Waals surface area contributed by atoms with Crippen LogP contribution in [-0.2, 0) is 6.54 Å². The average Bonchev–Trinajstić information content (AvgIpc) is 3.88. The fraction of sp³-hybridized carbons (Fsp3) is 0.586. The van der Waals surface area contributed by atoms with Crippen molar-refractivity contribution in [3.05, 3.63) is 42.0 Å². The van der Waals surface area contributed by atoms with Crippen molar-refractivity contribution >= 4 is 16.7 Å². The number of anilines is 1. The van der Waals surface area contributed by atoms with Crippen molar-refractivity contribution in [3.8, 4) is 11.4 Å². The van der Waals surface area contributed by atoms with Crippen LogP contribution in [-0.4, -0.2) is 64.2 Å². The molecule has 5 heterocycles. The molecular formula is C29H38N8. The Morgan fingerprint density at radius 2 is 1.62 bits per heavy atom. The minimum absolute atomic E-state index is 0.533. The Balaban J connectivity index is 1.25. The van der Waals surface area contributed by atoms with Gasteiger partial charge >= 0.3 is 0 Å². The molecule has 0 spiro atoms. The second kappa shape index (κ2) is 10.2. The highest BCUT2D eigenvalue weighted by atomic mass is 15.3. The highest BCUT2D eigenvalue weighted by Gasteiger charge is 2.35. The molecule has 7 rings (SSSR count). The van der Waals surface area contributed by atoms with Crippen molar-refractivity contribution < 1.29 is 0 Å². The Labute approximate surface area is 219 Å². The number of fused-ring (bicyclic) bond motifs is 1. The maximum absolute atomic E-state index is 5.23. The van der Waals surface area contributed by atoms with E-state index in [-0.39, 0.29) is 0 Å². The summed E-state index contributed by atoms with van der Waals surface area (Å²) in [5.74, 6) is 2.47. The molecule has 4 fully saturated rings. The van der Waals surface area contributed by atoms with Crippen LogP contribution in [0.3, 0.4) is 0 Å². The van der Waals surface area contributed by atoms with E-state index in [9.17, 15) is 0 Å². The first-order chi connectivity index (χ1) is 18.3. The van der Waals surface area contributed by atoms with Gasteiger partial charge in [0, 0.05) is 48.0 Å². The number of rotatable bonds is 8. The first-order valence-electron chi connectivity index (χ1n) is 14.4. The first-order valence-corrected chi connectivity index (χ1v) is 14.4. The van der Waals surface area contributed by atoms with E-state index in [1.807, 2.05) is 18.6 Å². The van der Waals surface area contributed by atoms with Gasteiger partial charge in [-0.15, -0.1) is 0 Å². The average molecular weight is 499 g/mol. The van der Waals surface area contributed by atoms with Gasteiger partial charge in [0.2, 0.25) is 0 Å². The van der Waals surface area contributed by atoms with Gasteiger partial charge in [-0.1, -0.05) is 0 Å². The van der Waals surface area contributed by atoms with Crippen molar-refractivity contribution in [2.45, 2.75) is 82.0 Å². The lowest BCUT2D eigenvalue weighted by molar-refractivity contribution is 0.385. The van der Waals surface area contributed by atoms with E-state index in [1.54, 1.807) is 0 Å². The zero-order valence-corrected chi connectivity index (χ0v) is 21.6. The minimum Gasteiger partial charge on any atom is -0.351 e. The van der Waals surface area contributed by atoms with Crippen molar-refractivity contribution in [2.75, 3.05) is 31.1 Å². The summed E-state index contributed by atoms with van der Waals surface area (Å²) in [6, 6.07) is 6.01. The molecule has 194 valence electrons. The number of hydrogen-bond donors (Lipinski definition) is 3. The fourth-order valence-corrected chi connectivity index (χ4v) is 6.22. The molecule has 4 aliphatic rings. The Morgan fingerprint density at radius 3 is 2.38 bits per heavy atom. The molecule has 8 heteroatoms. The molecule has 0 bridgehead atoms. The number of piperidine rings is 2. The van der Waals surface area contributed by atoms with E-state index in [1.165, 1.54) is 49.5 Å². The SMILES string of the molecule is c1cc(-c2nc(CNC3CCNCC3)c3c(C4CC4)cncc3n2)cc(N(C2CCNCC2)C2CC2)n1. The molecule has 3 aromatic rings. The Kier molecular flexibility index (Phi) is 6.48. The monoisotopic (exact) mass is 498 g/mol. The van der Waals surface area contributed by atoms with Gasteiger partial charge in [0.05, 0.1) is 17.4 Å². The molecular weight excluding hydrogens is 460 g/mol. The molecule has 0 amide bonds. The summed E-state index contributed by atoms with van der Waals surface area (Å²) in [6.45, 7) is 5.11. The van der Waals surface area contributed by atoms with Gasteiger partial charge in [-0.05, 0) is 101 Å². The van der Waals surface area contributed by atoms with Gasteiger partial charge in [-0.2, -0.15) is 0 Å². The highest BCUT2D eigenvalue weighted by molar-refractivity contribution is 5.86. The lowest BCUT2D eigenvalue weighted by Crippen LogP contribution is -2.44. The third-order valence-electron chi connectivity index (χ3n) is 8.54. The number of hydrogen-bond acceptors (Lipinski definition) is 8. The lowest BCUT2D eigenvalue weighted by atomic mass is 10.0. The van der Waals surface area contributed by atoms with Crippen molar-refractivity contribution in [1.29, 1.82) is 0 Å². The molecule has 2 aliphatic carbocycles. The predicted octanol–water partition coefficient (Wildman–Crippen LogP) is 3.53. The van der Waals surface area contributed by atoms with Crippen LogP contribution in [0.2, 0.25) is 0 Å². The topological polar surface area (TPSA) is 90.9 Å². The third kappa shape index (κ3) is 5.07. The van der Waals surface area contributed by atoms with Crippen LogP contribution < -0.4 is 20.9 Å². The Morgan fingerprint density at radius 1 is 0.865 bits per heavy atom. The molecule has 2 saturated carbocycles. The Bertz CT molecular complexity index is 1240. The standard InChI is InChI=1S/C29H38N8/c1-2-19(1)24-16-32-17-25-28(24)26(18-34-21-6-10-30-11-7-21)36-29(35-25)20-5-14-33-27(15-20)37(22-3-4-22)23-8-12-31-13-9-23/h5,14-17,19,21-23,30-31,34H,1-4,6-13,18H2.